The van der Waals surface area contributed by atoms with Crippen molar-refractivity contribution in [2.45, 2.75) is 13.0 Å². The lowest BCUT2D eigenvalue weighted by atomic mass is 10.2. The van der Waals surface area contributed by atoms with Crippen LogP contribution in [0.2, 0.25) is 5.02 Å². The van der Waals surface area contributed by atoms with E-state index < -0.39 is 28.7 Å². The molecule has 0 aliphatic carbocycles. The Balaban J connectivity index is 2.01. The summed E-state index contributed by atoms with van der Waals surface area (Å²) in [7, 11) is 0. The molecule has 2 aromatic rings. The van der Waals surface area contributed by atoms with Crippen molar-refractivity contribution in [1.82, 2.24) is 0 Å². The summed E-state index contributed by atoms with van der Waals surface area (Å²) in [5, 5.41) is 13.2. The predicted octanol–water partition coefficient (Wildman–Crippen LogP) is 3.57. The quantitative estimate of drug-likeness (QED) is 0.495. The summed E-state index contributed by atoms with van der Waals surface area (Å²) in [5.74, 6) is -2.53. The van der Waals surface area contributed by atoms with Crippen molar-refractivity contribution in [2.75, 3.05) is 5.32 Å². The van der Waals surface area contributed by atoms with Gasteiger partial charge in [0.15, 0.2) is 6.10 Å². The van der Waals surface area contributed by atoms with Gasteiger partial charge in [-0.2, -0.15) is 0 Å². The number of nitrogens with one attached hydrogen (secondary N) is 1. The van der Waals surface area contributed by atoms with Crippen molar-refractivity contribution in [1.29, 1.82) is 0 Å². The molecule has 2 aromatic carbocycles. The lowest BCUT2D eigenvalue weighted by Gasteiger charge is -2.14. The number of hydrogen-bond donors (Lipinski definition) is 1. The van der Waals surface area contributed by atoms with Gasteiger partial charge in [-0.3, -0.25) is 14.9 Å². The normalized spacial score (nSPS) is 11.5. The molecule has 0 bridgehead atoms. The largest absolute Gasteiger partial charge is 0.449 e. The summed E-state index contributed by atoms with van der Waals surface area (Å²) >= 11 is 5.70. The van der Waals surface area contributed by atoms with E-state index in [2.05, 4.69) is 5.32 Å². The van der Waals surface area contributed by atoms with Crippen LogP contribution in [-0.2, 0) is 9.53 Å². The van der Waals surface area contributed by atoms with Crippen LogP contribution in [0.15, 0.2) is 42.5 Å². The van der Waals surface area contributed by atoms with Crippen LogP contribution in [0.25, 0.3) is 0 Å². The second-order valence-corrected chi connectivity index (χ2v) is 5.40. The number of halogens is 2. The summed E-state index contributed by atoms with van der Waals surface area (Å²) in [6, 6.07) is 8.49. The Kier molecular flexibility index (Phi) is 5.66. The van der Waals surface area contributed by atoms with E-state index in [4.69, 9.17) is 16.3 Å². The average Bonchev–Trinajstić information content (AvgIpc) is 2.57. The molecular weight excluding hydrogens is 355 g/mol. The van der Waals surface area contributed by atoms with Gasteiger partial charge in [-0.25, -0.2) is 9.18 Å². The summed E-state index contributed by atoms with van der Waals surface area (Å²) in [4.78, 5) is 33.9. The molecule has 25 heavy (non-hydrogen) atoms. The van der Waals surface area contributed by atoms with Crippen molar-refractivity contribution < 1.29 is 23.6 Å². The molecule has 130 valence electrons. The Bertz CT molecular complexity index is 826. The van der Waals surface area contributed by atoms with Gasteiger partial charge in [-0.1, -0.05) is 11.6 Å². The van der Waals surface area contributed by atoms with Crippen LogP contribution in [0.5, 0.6) is 0 Å². The number of non-ortho nitro benzene ring substituents is 1. The highest BCUT2D eigenvalue weighted by atomic mass is 35.5. The highest BCUT2D eigenvalue weighted by Crippen LogP contribution is 2.18. The topological polar surface area (TPSA) is 98.5 Å². The minimum atomic E-state index is -1.22. The fourth-order valence-electron chi connectivity index (χ4n) is 1.84. The Morgan fingerprint density at radius 3 is 2.48 bits per heavy atom. The van der Waals surface area contributed by atoms with Gasteiger partial charge in [0.2, 0.25) is 0 Å². The fourth-order valence-corrected chi connectivity index (χ4v) is 2.01. The van der Waals surface area contributed by atoms with Gasteiger partial charge in [0.25, 0.3) is 11.6 Å². The summed E-state index contributed by atoms with van der Waals surface area (Å²) in [5.41, 5.74) is -0.233. The van der Waals surface area contributed by atoms with Crippen molar-refractivity contribution in [3.63, 3.8) is 0 Å². The molecule has 0 heterocycles. The molecular formula is C16H12ClFN2O5. The van der Waals surface area contributed by atoms with E-state index in [1.807, 2.05) is 0 Å². The van der Waals surface area contributed by atoms with Crippen molar-refractivity contribution in [3.05, 3.63) is 69.0 Å². The minimum absolute atomic E-state index is 0.131. The number of carbonyl (C=O) groups is 2. The number of nitro groups is 1. The van der Waals surface area contributed by atoms with Gasteiger partial charge in [0, 0.05) is 22.8 Å². The van der Waals surface area contributed by atoms with Gasteiger partial charge in [0.1, 0.15) is 5.82 Å². The van der Waals surface area contributed by atoms with Crippen molar-refractivity contribution in [2.24, 2.45) is 0 Å². The van der Waals surface area contributed by atoms with Crippen LogP contribution in [0, 0.1) is 15.9 Å². The zero-order chi connectivity index (χ0) is 18.6. The van der Waals surface area contributed by atoms with Gasteiger partial charge in [-0.15, -0.1) is 0 Å². The third-order valence-corrected chi connectivity index (χ3v) is 3.38. The predicted molar refractivity (Wildman–Crippen MR) is 88.0 cm³/mol. The third kappa shape index (κ3) is 4.74. The molecule has 0 aromatic heterocycles. The number of hydrogen-bond acceptors (Lipinski definition) is 5. The Morgan fingerprint density at radius 1 is 1.24 bits per heavy atom. The van der Waals surface area contributed by atoms with E-state index >= 15 is 0 Å². The number of carbonyl (C=O) groups excluding carboxylic acids is 2. The molecule has 0 aliphatic rings. The van der Waals surface area contributed by atoms with E-state index in [0.29, 0.717) is 0 Å². The van der Waals surface area contributed by atoms with Gasteiger partial charge < -0.3 is 10.1 Å². The average molecular weight is 367 g/mol. The summed E-state index contributed by atoms with van der Waals surface area (Å²) < 4.78 is 18.5. The first-order chi connectivity index (χ1) is 11.8. The molecule has 0 saturated carbocycles. The fraction of sp³-hybridized carbons (Fsp3) is 0.125. The maximum atomic E-state index is 13.6. The molecule has 1 amide bonds. The van der Waals surface area contributed by atoms with Crippen LogP contribution in [-0.4, -0.2) is 22.9 Å². The molecule has 0 spiro atoms. The lowest BCUT2D eigenvalue weighted by Crippen LogP contribution is -2.30. The standard InChI is InChI=1S/C16H12ClFN2O5/c1-9(25-16(22)13-8-10(17)2-7-14(13)18)15(21)19-11-3-5-12(6-4-11)20(23)24/h2-9H,1H3,(H,19,21). The Morgan fingerprint density at radius 2 is 1.88 bits per heavy atom. The molecule has 0 saturated heterocycles. The number of nitro benzene ring substituents is 1. The number of benzene rings is 2. The molecule has 2 rings (SSSR count). The molecule has 1 unspecified atom stereocenters. The molecule has 0 radical (unpaired) electrons. The molecule has 9 heteroatoms. The highest BCUT2D eigenvalue weighted by molar-refractivity contribution is 6.30. The number of amides is 1. The van der Waals surface area contributed by atoms with Crippen molar-refractivity contribution in [3.8, 4) is 0 Å². The first kappa shape index (κ1) is 18.3. The highest BCUT2D eigenvalue weighted by Gasteiger charge is 2.21. The lowest BCUT2D eigenvalue weighted by molar-refractivity contribution is -0.384. The zero-order valence-electron chi connectivity index (χ0n) is 12.9. The van der Waals surface area contributed by atoms with Crippen LogP contribution in [0.1, 0.15) is 17.3 Å². The smallest absolute Gasteiger partial charge is 0.341 e. The molecule has 0 fully saturated rings. The SMILES string of the molecule is CC(OC(=O)c1cc(Cl)ccc1F)C(=O)Nc1ccc([N+](=O)[O-])cc1. The van der Waals surface area contributed by atoms with E-state index in [1.165, 1.54) is 37.3 Å². The number of anilines is 1. The van der Waals surface area contributed by atoms with Gasteiger partial charge in [-0.05, 0) is 37.3 Å². The van der Waals surface area contributed by atoms with E-state index in [9.17, 15) is 24.1 Å². The number of rotatable bonds is 5. The zero-order valence-corrected chi connectivity index (χ0v) is 13.6. The van der Waals surface area contributed by atoms with Gasteiger partial charge >= 0.3 is 5.97 Å². The minimum Gasteiger partial charge on any atom is -0.449 e. The Hall–Kier alpha value is -3.00. The van der Waals surface area contributed by atoms with E-state index in [-0.39, 0.29) is 22.0 Å². The molecule has 1 N–H and O–H groups in total. The monoisotopic (exact) mass is 366 g/mol. The van der Waals surface area contributed by atoms with Crippen LogP contribution >= 0.6 is 11.6 Å². The number of esters is 1. The molecule has 1 atom stereocenters. The summed E-state index contributed by atoms with van der Waals surface area (Å²) in [6.07, 6.45) is -1.22. The number of nitrogens with zero attached hydrogens (tertiary/aromatic N) is 1. The summed E-state index contributed by atoms with van der Waals surface area (Å²) in [6.45, 7) is 1.31. The second-order valence-electron chi connectivity index (χ2n) is 4.96. The van der Waals surface area contributed by atoms with E-state index in [0.717, 1.165) is 12.1 Å². The first-order valence-electron chi connectivity index (χ1n) is 6.99. The van der Waals surface area contributed by atoms with E-state index in [1.54, 1.807) is 0 Å². The Labute approximate surface area is 146 Å². The third-order valence-electron chi connectivity index (χ3n) is 3.15. The second kappa shape index (κ2) is 7.71. The van der Waals surface area contributed by atoms with Gasteiger partial charge in [0.05, 0.1) is 10.5 Å². The molecule has 0 aliphatic heterocycles. The first-order valence-corrected chi connectivity index (χ1v) is 7.37. The maximum absolute atomic E-state index is 13.6. The maximum Gasteiger partial charge on any atom is 0.341 e. The van der Waals surface area contributed by atoms with Crippen LogP contribution in [0.4, 0.5) is 15.8 Å². The number of ether oxygens (including phenoxy) is 1. The molecule has 7 nitrogen and oxygen atoms in total. The van der Waals surface area contributed by atoms with Crippen molar-refractivity contribution >= 4 is 34.9 Å². The van der Waals surface area contributed by atoms with Crippen LogP contribution in [0.3, 0.4) is 0 Å². The van der Waals surface area contributed by atoms with Crippen LogP contribution < -0.4 is 5.32 Å².